The van der Waals surface area contributed by atoms with Crippen molar-refractivity contribution in [3.63, 3.8) is 0 Å². The van der Waals surface area contributed by atoms with Gasteiger partial charge in [0.15, 0.2) is 0 Å². The number of benzene rings is 3. The molecule has 2 nitrogen and oxygen atoms in total. The summed E-state index contributed by atoms with van der Waals surface area (Å²) in [6, 6.07) is 24.4. The van der Waals surface area contributed by atoms with E-state index in [1.807, 2.05) is 42.5 Å². The van der Waals surface area contributed by atoms with Crippen molar-refractivity contribution in [2.24, 2.45) is 0 Å². The second kappa shape index (κ2) is 5.54. The first kappa shape index (κ1) is 14.0. The van der Waals surface area contributed by atoms with Crippen LogP contribution in [0.2, 0.25) is 0 Å². The minimum absolute atomic E-state index is 0.117. The summed E-state index contributed by atoms with van der Waals surface area (Å²) in [4.78, 5) is 13.0. The first-order valence-corrected chi connectivity index (χ1v) is 8.14. The van der Waals surface area contributed by atoms with Crippen LogP contribution in [0.1, 0.15) is 24.8 Å². The van der Waals surface area contributed by atoms with Gasteiger partial charge in [0.25, 0.3) is 0 Å². The van der Waals surface area contributed by atoms with E-state index in [4.69, 9.17) is 0 Å². The number of carbonyl (C=O) groups excluding carboxylic acids is 1. The molecular weight excluding hydrogens is 282 g/mol. The van der Waals surface area contributed by atoms with Gasteiger partial charge in [0.2, 0.25) is 5.91 Å². The SMILES string of the molecule is O=C(Nc1cccc2ccccc12)C1(c2ccccc2)CCC1. The molecule has 1 aliphatic rings. The quantitative estimate of drug-likeness (QED) is 0.732. The van der Waals surface area contributed by atoms with Crippen LogP contribution in [0.25, 0.3) is 10.8 Å². The maximum absolute atomic E-state index is 13.0. The standard InChI is InChI=1S/C21H19NO/c23-20(21(14-7-15-21)17-10-2-1-3-11-17)22-19-13-6-9-16-8-4-5-12-18(16)19/h1-6,8-13H,7,14-15H2,(H,22,23). The lowest BCUT2D eigenvalue weighted by Gasteiger charge is -2.40. The summed E-state index contributed by atoms with van der Waals surface area (Å²) in [6.45, 7) is 0. The smallest absolute Gasteiger partial charge is 0.235 e. The highest BCUT2D eigenvalue weighted by atomic mass is 16.2. The van der Waals surface area contributed by atoms with E-state index in [-0.39, 0.29) is 11.3 Å². The van der Waals surface area contributed by atoms with Gasteiger partial charge >= 0.3 is 0 Å². The summed E-state index contributed by atoms with van der Waals surface area (Å²) in [7, 11) is 0. The number of amides is 1. The average molecular weight is 301 g/mol. The number of rotatable bonds is 3. The van der Waals surface area contributed by atoms with Crippen LogP contribution in [0, 0.1) is 0 Å². The van der Waals surface area contributed by atoms with E-state index in [9.17, 15) is 4.79 Å². The number of nitrogens with one attached hydrogen (secondary N) is 1. The Hall–Kier alpha value is -2.61. The van der Waals surface area contributed by atoms with Crippen LogP contribution in [0.5, 0.6) is 0 Å². The molecule has 4 rings (SSSR count). The summed E-state index contributed by atoms with van der Waals surface area (Å²) < 4.78 is 0. The molecule has 3 aromatic rings. The van der Waals surface area contributed by atoms with Crippen molar-refractivity contribution in [3.05, 3.63) is 78.4 Å². The number of fused-ring (bicyclic) bond motifs is 1. The van der Waals surface area contributed by atoms with Crippen molar-refractivity contribution < 1.29 is 4.79 Å². The zero-order valence-corrected chi connectivity index (χ0v) is 13.0. The molecule has 1 fully saturated rings. The molecule has 3 aromatic carbocycles. The molecule has 1 amide bonds. The van der Waals surface area contributed by atoms with Crippen LogP contribution >= 0.6 is 0 Å². The Morgan fingerprint density at radius 2 is 1.52 bits per heavy atom. The molecule has 1 aliphatic carbocycles. The summed E-state index contributed by atoms with van der Waals surface area (Å²) in [5.74, 6) is 0.117. The fraction of sp³-hybridized carbons (Fsp3) is 0.190. The third-order valence-corrected chi connectivity index (χ3v) is 5.01. The lowest BCUT2D eigenvalue weighted by atomic mass is 9.64. The van der Waals surface area contributed by atoms with Crippen molar-refractivity contribution in [3.8, 4) is 0 Å². The van der Waals surface area contributed by atoms with E-state index in [0.29, 0.717) is 0 Å². The fourth-order valence-corrected chi connectivity index (χ4v) is 3.51. The Balaban J connectivity index is 1.69. The largest absolute Gasteiger partial charge is 0.325 e. The number of hydrogen-bond acceptors (Lipinski definition) is 1. The predicted molar refractivity (Wildman–Crippen MR) is 94.5 cm³/mol. The monoisotopic (exact) mass is 301 g/mol. The highest BCUT2D eigenvalue weighted by Gasteiger charge is 2.45. The Labute approximate surface area is 136 Å². The summed E-state index contributed by atoms with van der Waals surface area (Å²) in [5, 5.41) is 5.42. The van der Waals surface area contributed by atoms with Gasteiger partial charge in [-0.2, -0.15) is 0 Å². The molecule has 1 saturated carbocycles. The maximum Gasteiger partial charge on any atom is 0.235 e. The van der Waals surface area contributed by atoms with Gasteiger partial charge in [-0.15, -0.1) is 0 Å². The molecule has 0 saturated heterocycles. The average Bonchev–Trinajstić information content (AvgIpc) is 2.55. The Morgan fingerprint density at radius 1 is 0.826 bits per heavy atom. The third-order valence-electron chi connectivity index (χ3n) is 5.01. The van der Waals surface area contributed by atoms with Gasteiger partial charge in [-0.3, -0.25) is 4.79 Å². The molecule has 0 aromatic heterocycles. The van der Waals surface area contributed by atoms with Gasteiger partial charge in [0, 0.05) is 11.1 Å². The summed E-state index contributed by atoms with van der Waals surface area (Å²) in [6.07, 6.45) is 2.96. The second-order valence-corrected chi connectivity index (χ2v) is 6.28. The van der Waals surface area contributed by atoms with Gasteiger partial charge in [-0.25, -0.2) is 0 Å². The van der Waals surface area contributed by atoms with Crippen molar-refractivity contribution in [1.82, 2.24) is 0 Å². The molecular formula is C21H19NO. The van der Waals surface area contributed by atoms with Gasteiger partial charge in [0.05, 0.1) is 5.41 Å². The Morgan fingerprint density at radius 3 is 2.26 bits per heavy atom. The molecule has 0 atom stereocenters. The van der Waals surface area contributed by atoms with Gasteiger partial charge in [0.1, 0.15) is 0 Å². The van der Waals surface area contributed by atoms with E-state index < -0.39 is 0 Å². The lowest BCUT2D eigenvalue weighted by molar-refractivity contribution is -0.124. The molecule has 0 bridgehead atoms. The zero-order chi connectivity index (χ0) is 15.7. The van der Waals surface area contributed by atoms with Crippen LogP contribution in [-0.4, -0.2) is 5.91 Å². The normalized spacial score (nSPS) is 15.8. The molecule has 0 unspecified atom stereocenters. The number of anilines is 1. The van der Waals surface area contributed by atoms with Crippen LogP contribution in [0.15, 0.2) is 72.8 Å². The minimum Gasteiger partial charge on any atom is -0.325 e. The zero-order valence-electron chi connectivity index (χ0n) is 13.0. The predicted octanol–water partition coefficient (Wildman–Crippen LogP) is 4.90. The minimum atomic E-state index is -0.363. The van der Waals surface area contributed by atoms with Gasteiger partial charge in [-0.05, 0) is 29.9 Å². The molecule has 0 radical (unpaired) electrons. The summed E-state index contributed by atoms with van der Waals surface area (Å²) >= 11 is 0. The maximum atomic E-state index is 13.0. The molecule has 23 heavy (non-hydrogen) atoms. The van der Waals surface area contributed by atoms with Crippen molar-refractivity contribution in [1.29, 1.82) is 0 Å². The van der Waals surface area contributed by atoms with E-state index in [1.165, 1.54) is 0 Å². The first-order valence-electron chi connectivity index (χ1n) is 8.14. The Bertz CT molecular complexity index is 845. The van der Waals surface area contributed by atoms with Crippen molar-refractivity contribution in [2.45, 2.75) is 24.7 Å². The molecule has 1 N–H and O–H groups in total. The topological polar surface area (TPSA) is 29.1 Å². The van der Waals surface area contributed by atoms with Crippen LogP contribution < -0.4 is 5.32 Å². The number of hydrogen-bond donors (Lipinski definition) is 1. The summed E-state index contributed by atoms with van der Waals surface area (Å²) in [5.41, 5.74) is 1.66. The van der Waals surface area contributed by atoms with E-state index in [2.05, 4.69) is 35.6 Å². The molecule has 0 aliphatic heterocycles. The molecule has 0 heterocycles. The van der Waals surface area contributed by atoms with E-state index >= 15 is 0 Å². The number of carbonyl (C=O) groups is 1. The molecule has 2 heteroatoms. The molecule has 0 spiro atoms. The van der Waals surface area contributed by atoms with Crippen LogP contribution in [0.4, 0.5) is 5.69 Å². The van der Waals surface area contributed by atoms with Crippen LogP contribution in [-0.2, 0) is 10.2 Å². The Kier molecular flexibility index (Phi) is 3.38. The molecule has 114 valence electrons. The van der Waals surface area contributed by atoms with E-state index in [0.717, 1.165) is 41.3 Å². The second-order valence-electron chi connectivity index (χ2n) is 6.28. The highest BCUT2D eigenvalue weighted by Crippen LogP contribution is 2.44. The van der Waals surface area contributed by atoms with Gasteiger partial charge < -0.3 is 5.32 Å². The van der Waals surface area contributed by atoms with Crippen molar-refractivity contribution >= 4 is 22.4 Å². The van der Waals surface area contributed by atoms with Crippen LogP contribution in [0.3, 0.4) is 0 Å². The first-order chi connectivity index (χ1) is 11.3. The fourth-order valence-electron chi connectivity index (χ4n) is 3.51. The highest BCUT2D eigenvalue weighted by molar-refractivity contribution is 6.06. The van der Waals surface area contributed by atoms with Gasteiger partial charge in [-0.1, -0.05) is 73.2 Å². The van der Waals surface area contributed by atoms with Crippen molar-refractivity contribution in [2.75, 3.05) is 5.32 Å². The van der Waals surface area contributed by atoms with E-state index in [1.54, 1.807) is 0 Å². The third kappa shape index (κ3) is 2.31. The lowest BCUT2D eigenvalue weighted by Crippen LogP contribution is -2.46.